The van der Waals surface area contributed by atoms with Gasteiger partial charge in [0.1, 0.15) is 0 Å². The Morgan fingerprint density at radius 1 is 1.57 bits per heavy atom. The van der Waals surface area contributed by atoms with Gasteiger partial charge in [-0.1, -0.05) is 11.3 Å². The first-order chi connectivity index (χ1) is 6.75. The first kappa shape index (κ1) is 9.95. The molecule has 2 aromatic heterocycles. The number of thiazole rings is 2. The number of nitrogen functional groups attached to an aromatic ring is 1. The number of nitrogens with zero attached hydrogens (tertiary/aromatic N) is 2. The highest BCUT2D eigenvalue weighted by Crippen LogP contribution is 2.33. The van der Waals surface area contributed by atoms with E-state index in [2.05, 4.69) is 9.97 Å². The van der Waals surface area contributed by atoms with Crippen LogP contribution in [-0.2, 0) is 5.75 Å². The number of hydrogen-bond acceptors (Lipinski definition) is 6. The van der Waals surface area contributed by atoms with Gasteiger partial charge in [-0.2, -0.15) is 0 Å². The number of hydrogen-bond donors (Lipinski definition) is 1. The molecule has 0 atom stereocenters. The van der Waals surface area contributed by atoms with Gasteiger partial charge < -0.3 is 5.73 Å². The number of aryl methyl sites for hydroxylation is 1. The van der Waals surface area contributed by atoms with Gasteiger partial charge in [0, 0.05) is 16.8 Å². The van der Waals surface area contributed by atoms with E-state index in [0.29, 0.717) is 5.13 Å². The molecule has 0 saturated carbocycles. The molecule has 2 aromatic rings. The fourth-order valence-corrected chi connectivity index (χ4v) is 3.65. The van der Waals surface area contributed by atoms with Gasteiger partial charge in [0.2, 0.25) is 0 Å². The van der Waals surface area contributed by atoms with Crippen LogP contribution in [0.5, 0.6) is 0 Å². The smallest absolute Gasteiger partial charge is 0.181 e. The molecular weight excluding hydrogens is 234 g/mol. The topological polar surface area (TPSA) is 51.8 Å². The summed E-state index contributed by atoms with van der Waals surface area (Å²) in [5.41, 5.74) is 8.49. The number of rotatable bonds is 3. The molecular formula is C8H9N3S3. The van der Waals surface area contributed by atoms with Crippen LogP contribution >= 0.6 is 34.4 Å². The summed E-state index contributed by atoms with van der Waals surface area (Å²) in [6.07, 6.45) is 1.90. The molecule has 0 radical (unpaired) electrons. The summed E-state index contributed by atoms with van der Waals surface area (Å²) in [5.74, 6) is 0.952. The second-order valence-corrected chi connectivity index (χ2v) is 5.93. The van der Waals surface area contributed by atoms with Crippen LogP contribution < -0.4 is 5.73 Å². The molecule has 0 aliphatic heterocycles. The van der Waals surface area contributed by atoms with Crippen LogP contribution in [0.2, 0.25) is 0 Å². The molecule has 0 aliphatic carbocycles. The van der Waals surface area contributed by atoms with Crippen molar-refractivity contribution in [2.45, 2.75) is 16.9 Å². The minimum absolute atomic E-state index is 0.648. The number of aromatic nitrogens is 2. The molecule has 6 heteroatoms. The standard InChI is InChI=1S/C8H9N3S3/c1-5-7(14-8(9)11-5)12-3-6-2-10-4-13-6/h2,4H,3H2,1H3,(H2,9,11). The zero-order chi connectivity index (χ0) is 9.97. The predicted octanol–water partition coefficient (Wildman–Crippen LogP) is 2.78. The molecule has 0 saturated heterocycles. The Labute approximate surface area is 94.4 Å². The van der Waals surface area contributed by atoms with Crippen LogP contribution in [-0.4, -0.2) is 9.97 Å². The second-order valence-electron chi connectivity index (χ2n) is 2.68. The lowest BCUT2D eigenvalue weighted by atomic mass is 10.6. The van der Waals surface area contributed by atoms with E-state index in [9.17, 15) is 0 Å². The van der Waals surface area contributed by atoms with Gasteiger partial charge in [-0.05, 0) is 6.92 Å². The molecule has 3 nitrogen and oxygen atoms in total. The highest BCUT2D eigenvalue weighted by atomic mass is 32.2. The van der Waals surface area contributed by atoms with Gasteiger partial charge in [0.25, 0.3) is 0 Å². The Morgan fingerprint density at radius 2 is 2.43 bits per heavy atom. The van der Waals surface area contributed by atoms with E-state index in [1.54, 1.807) is 34.4 Å². The fraction of sp³-hybridized carbons (Fsp3) is 0.250. The zero-order valence-corrected chi connectivity index (χ0v) is 10.0. The number of thioether (sulfide) groups is 1. The quantitative estimate of drug-likeness (QED) is 0.842. The molecule has 2 rings (SSSR count). The number of anilines is 1. The Kier molecular flexibility index (Phi) is 3.05. The van der Waals surface area contributed by atoms with Gasteiger partial charge in [-0.3, -0.25) is 4.98 Å². The van der Waals surface area contributed by atoms with Gasteiger partial charge in [-0.15, -0.1) is 23.1 Å². The van der Waals surface area contributed by atoms with E-state index in [1.165, 1.54) is 9.09 Å². The molecule has 0 spiro atoms. The summed E-state index contributed by atoms with van der Waals surface area (Å²) in [6, 6.07) is 0. The van der Waals surface area contributed by atoms with Crippen LogP contribution in [0.1, 0.15) is 10.6 Å². The van der Waals surface area contributed by atoms with Crippen molar-refractivity contribution >= 4 is 39.6 Å². The predicted molar refractivity (Wildman–Crippen MR) is 62.9 cm³/mol. The SMILES string of the molecule is Cc1nc(N)sc1SCc1cncs1. The average molecular weight is 243 g/mol. The van der Waals surface area contributed by atoms with Crippen molar-refractivity contribution < 1.29 is 0 Å². The van der Waals surface area contributed by atoms with Crippen molar-refractivity contribution in [3.05, 3.63) is 22.3 Å². The average Bonchev–Trinajstić information content (AvgIpc) is 2.72. The van der Waals surface area contributed by atoms with Crippen LogP contribution in [0.3, 0.4) is 0 Å². The summed E-state index contributed by atoms with van der Waals surface area (Å²) in [6.45, 7) is 1.99. The van der Waals surface area contributed by atoms with E-state index in [4.69, 9.17) is 5.73 Å². The maximum atomic E-state index is 5.61. The molecule has 14 heavy (non-hydrogen) atoms. The Bertz CT molecular complexity index is 407. The molecule has 0 amide bonds. The third-order valence-corrected chi connectivity index (χ3v) is 4.96. The van der Waals surface area contributed by atoms with E-state index < -0.39 is 0 Å². The summed E-state index contributed by atoms with van der Waals surface area (Å²) in [4.78, 5) is 9.48. The summed E-state index contributed by atoms with van der Waals surface area (Å²) >= 11 is 5.00. The van der Waals surface area contributed by atoms with E-state index in [-0.39, 0.29) is 0 Å². The Hall–Kier alpha value is -0.590. The summed E-state index contributed by atoms with van der Waals surface area (Å²) in [5, 5.41) is 0.648. The molecule has 0 unspecified atom stereocenters. The Balaban J connectivity index is 2.01. The minimum atomic E-state index is 0.648. The fourth-order valence-electron chi connectivity index (χ4n) is 0.987. The van der Waals surface area contributed by atoms with Crippen molar-refractivity contribution in [3.63, 3.8) is 0 Å². The van der Waals surface area contributed by atoms with Gasteiger partial charge in [-0.25, -0.2) is 4.98 Å². The molecule has 74 valence electrons. The largest absolute Gasteiger partial charge is 0.375 e. The molecule has 0 aromatic carbocycles. The van der Waals surface area contributed by atoms with Gasteiger partial charge in [0.05, 0.1) is 15.4 Å². The third kappa shape index (κ3) is 2.26. The van der Waals surface area contributed by atoms with Crippen molar-refractivity contribution in [2.75, 3.05) is 5.73 Å². The number of nitrogens with two attached hydrogens (primary N) is 1. The lowest BCUT2D eigenvalue weighted by molar-refractivity contribution is 1.21. The van der Waals surface area contributed by atoms with Crippen molar-refractivity contribution in [2.24, 2.45) is 0 Å². The lowest BCUT2D eigenvalue weighted by Crippen LogP contribution is -1.80. The van der Waals surface area contributed by atoms with Crippen molar-refractivity contribution in [1.29, 1.82) is 0 Å². The minimum Gasteiger partial charge on any atom is -0.375 e. The highest BCUT2D eigenvalue weighted by molar-refractivity contribution is 8.00. The van der Waals surface area contributed by atoms with Crippen LogP contribution in [0, 0.1) is 6.92 Å². The maximum Gasteiger partial charge on any atom is 0.181 e. The molecule has 0 bridgehead atoms. The second kappa shape index (κ2) is 4.29. The molecule has 0 aliphatic rings. The van der Waals surface area contributed by atoms with Crippen LogP contribution in [0.4, 0.5) is 5.13 Å². The summed E-state index contributed by atoms with van der Waals surface area (Å²) < 4.78 is 1.20. The zero-order valence-electron chi connectivity index (χ0n) is 7.56. The monoisotopic (exact) mass is 243 g/mol. The van der Waals surface area contributed by atoms with Crippen molar-refractivity contribution in [1.82, 2.24) is 9.97 Å². The first-order valence-corrected chi connectivity index (χ1v) is 6.67. The van der Waals surface area contributed by atoms with Gasteiger partial charge in [0.15, 0.2) is 5.13 Å². The van der Waals surface area contributed by atoms with E-state index in [1.807, 2.05) is 18.6 Å². The van der Waals surface area contributed by atoms with Crippen LogP contribution in [0.25, 0.3) is 0 Å². The van der Waals surface area contributed by atoms with Crippen molar-refractivity contribution in [3.8, 4) is 0 Å². The Morgan fingerprint density at radius 3 is 3.00 bits per heavy atom. The molecule has 0 fully saturated rings. The highest BCUT2D eigenvalue weighted by Gasteiger charge is 2.06. The normalized spacial score (nSPS) is 10.6. The maximum absolute atomic E-state index is 5.61. The third-order valence-electron chi connectivity index (χ3n) is 1.60. The molecule has 2 N–H and O–H groups in total. The van der Waals surface area contributed by atoms with E-state index in [0.717, 1.165) is 11.4 Å². The van der Waals surface area contributed by atoms with Gasteiger partial charge >= 0.3 is 0 Å². The summed E-state index contributed by atoms with van der Waals surface area (Å²) in [7, 11) is 0. The van der Waals surface area contributed by atoms with E-state index >= 15 is 0 Å². The first-order valence-electron chi connectivity index (χ1n) is 3.99. The molecule has 2 heterocycles. The van der Waals surface area contributed by atoms with Crippen LogP contribution in [0.15, 0.2) is 15.9 Å². The lowest BCUT2D eigenvalue weighted by Gasteiger charge is -1.94.